The molecule has 0 bridgehead atoms. The standard InChI is InChI=1S/C23H32O3/c1-6-7-8-14(2)15(3)16-11-20(25)22-18-13-17(24)9-10-19(18)23(4,5)26-21(22)12-16/h11-12,18-19,25H,6-10,13H2,1-5H3/t18-,19+/m1/s1. The largest absolute Gasteiger partial charge is 0.507 e. The first-order valence-electron chi connectivity index (χ1n) is 9.99. The van der Waals surface area contributed by atoms with E-state index in [-0.39, 0.29) is 23.2 Å². The Bertz CT molecular complexity index is 742. The van der Waals surface area contributed by atoms with Crippen molar-refractivity contribution in [1.82, 2.24) is 0 Å². The van der Waals surface area contributed by atoms with Crippen molar-refractivity contribution in [2.45, 2.75) is 84.7 Å². The Morgan fingerprint density at radius 3 is 2.73 bits per heavy atom. The maximum Gasteiger partial charge on any atom is 0.133 e. The summed E-state index contributed by atoms with van der Waals surface area (Å²) in [4.78, 5) is 12.1. The SMILES string of the molecule is CCCCC(C)=C(C)c1cc(O)c2c(c1)OC(C)(C)[C@H]1CCC(=O)C[C@@H]21. The molecule has 1 aromatic carbocycles. The molecule has 3 heteroatoms. The molecule has 1 heterocycles. The summed E-state index contributed by atoms with van der Waals surface area (Å²) in [6.07, 6.45) is 5.41. The van der Waals surface area contributed by atoms with Crippen LogP contribution in [0.1, 0.15) is 90.2 Å². The van der Waals surface area contributed by atoms with E-state index in [1.165, 1.54) is 24.0 Å². The molecular weight excluding hydrogens is 324 g/mol. The highest BCUT2D eigenvalue weighted by Gasteiger charge is 2.47. The Kier molecular flexibility index (Phi) is 5.18. The lowest BCUT2D eigenvalue weighted by Crippen LogP contribution is -2.47. The highest BCUT2D eigenvalue weighted by Crippen LogP contribution is 2.54. The van der Waals surface area contributed by atoms with Gasteiger partial charge in [-0.3, -0.25) is 4.79 Å². The zero-order chi connectivity index (χ0) is 19.1. The summed E-state index contributed by atoms with van der Waals surface area (Å²) in [6, 6.07) is 3.93. The second-order valence-corrected chi connectivity index (χ2v) is 8.62. The molecule has 1 aliphatic carbocycles. The molecule has 2 atom stereocenters. The third-order valence-corrected chi connectivity index (χ3v) is 6.40. The molecule has 0 amide bonds. The number of hydrogen-bond donors (Lipinski definition) is 1. The fourth-order valence-electron chi connectivity index (χ4n) is 4.66. The number of carbonyl (C=O) groups excluding carboxylic acids is 1. The summed E-state index contributed by atoms with van der Waals surface area (Å²) >= 11 is 0. The number of benzene rings is 1. The van der Waals surface area contributed by atoms with E-state index in [0.717, 1.165) is 29.7 Å². The van der Waals surface area contributed by atoms with Crippen LogP contribution in [0.3, 0.4) is 0 Å². The van der Waals surface area contributed by atoms with E-state index in [4.69, 9.17) is 4.74 Å². The highest BCUT2D eigenvalue weighted by atomic mass is 16.5. The second-order valence-electron chi connectivity index (χ2n) is 8.62. The average molecular weight is 357 g/mol. The molecule has 1 fully saturated rings. The van der Waals surface area contributed by atoms with Crippen molar-refractivity contribution in [1.29, 1.82) is 0 Å². The number of hydrogen-bond acceptors (Lipinski definition) is 3. The van der Waals surface area contributed by atoms with Gasteiger partial charge in [-0.05, 0) is 70.2 Å². The van der Waals surface area contributed by atoms with Crippen LogP contribution in [-0.2, 0) is 4.79 Å². The van der Waals surface area contributed by atoms with Gasteiger partial charge in [0.25, 0.3) is 0 Å². The Balaban J connectivity index is 2.04. The van der Waals surface area contributed by atoms with Crippen LogP contribution in [0.15, 0.2) is 17.7 Å². The summed E-state index contributed by atoms with van der Waals surface area (Å²) in [5.74, 6) is 1.66. The van der Waals surface area contributed by atoms with Crippen LogP contribution < -0.4 is 4.74 Å². The van der Waals surface area contributed by atoms with Gasteiger partial charge >= 0.3 is 0 Å². The predicted molar refractivity (Wildman–Crippen MR) is 106 cm³/mol. The molecule has 2 aliphatic rings. The molecule has 1 N–H and O–H groups in total. The molecule has 26 heavy (non-hydrogen) atoms. The molecule has 142 valence electrons. The lowest BCUT2D eigenvalue weighted by atomic mass is 9.66. The van der Waals surface area contributed by atoms with Crippen LogP contribution in [0.2, 0.25) is 0 Å². The van der Waals surface area contributed by atoms with Crippen molar-refractivity contribution in [2.24, 2.45) is 5.92 Å². The quantitative estimate of drug-likeness (QED) is 0.719. The fraction of sp³-hybridized carbons (Fsp3) is 0.609. The molecule has 1 saturated carbocycles. The van der Waals surface area contributed by atoms with Gasteiger partial charge in [0.1, 0.15) is 22.9 Å². The molecule has 1 aromatic rings. The monoisotopic (exact) mass is 356 g/mol. The normalized spacial score (nSPS) is 25.0. The fourth-order valence-corrected chi connectivity index (χ4v) is 4.66. The van der Waals surface area contributed by atoms with Gasteiger partial charge in [-0.15, -0.1) is 0 Å². The zero-order valence-corrected chi connectivity index (χ0v) is 16.8. The number of carbonyl (C=O) groups is 1. The van der Waals surface area contributed by atoms with Crippen molar-refractivity contribution in [3.05, 3.63) is 28.8 Å². The molecule has 3 nitrogen and oxygen atoms in total. The number of Topliss-reactive ketones (excluding diaryl/α,β-unsaturated/α-hetero) is 1. The Hall–Kier alpha value is -1.77. The minimum Gasteiger partial charge on any atom is -0.507 e. The average Bonchev–Trinajstić information content (AvgIpc) is 2.57. The summed E-state index contributed by atoms with van der Waals surface area (Å²) in [5.41, 5.74) is 4.10. The second kappa shape index (κ2) is 7.09. The summed E-state index contributed by atoms with van der Waals surface area (Å²) in [5, 5.41) is 10.8. The lowest BCUT2D eigenvalue weighted by molar-refractivity contribution is -0.124. The van der Waals surface area contributed by atoms with Gasteiger partial charge in [0, 0.05) is 30.2 Å². The number of phenols is 1. The zero-order valence-electron chi connectivity index (χ0n) is 16.8. The van der Waals surface area contributed by atoms with Gasteiger partial charge in [0.15, 0.2) is 0 Å². The van der Waals surface area contributed by atoms with Crippen molar-refractivity contribution in [3.8, 4) is 11.5 Å². The third-order valence-electron chi connectivity index (χ3n) is 6.40. The van der Waals surface area contributed by atoms with Crippen LogP contribution in [0.5, 0.6) is 11.5 Å². The number of phenolic OH excluding ortho intramolecular Hbond substituents is 1. The number of allylic oxidation sites excluding steroid dienone is 2. The maximum atomic E-state index is 12.1. The summed E-state index contributed by atoms with van der Waals surface area (Å²) in [7, 11) is 0. The van der Waals surface area contributed by atoms with Gasteiger partial charge < -0.3 is 9.84 Å². The maximum absolute atomic E-state index is 12.1. The van der Waals surface area contributed by atoms with E-state index in [1.807, 2.05) is 6.07 Å². The molecular formula is C23H32O3. The van der Waals surface area contributed by atoms with Crippen LogP contribution in [-0.4, -0.2) is 16.5 Å². The molecule has 0 aromatic heterocycles. The Morgan fingerprint density at radius 1 is 1.31 bits per heavy atom. The first-order valence-corrected chi connectivity index (χ1v) is 9.99. The topological polar surface area (TPSA) is 46.5 Å². The van der Waals surface area contributed by atoms with E-state index >= 15 is 0 Å². The van der Waals surface area contributed by atoms with Crippen molar-refractivity contribution in [2.75, 3.05) is 0 Å². The predicted octanol–water partition coefficient (Wildman–Crippen LogP) is 6.00. The summed E-state index contributed by atoms with van der Waals surface area (Å²) in [6.45, 7) is 10.7. The molecule has 0 spiro atoms. The van der Waals surface area contributed by atoms with Crippen LogP contribution in [0.25, 0.3) is 5.57 Å². The van der Waals surface area contributed by atoms with E-state index in [1.54, 1.807) is 0 Å². The van der Waals surface area contributed by atoms with Crippen molar-refractivity contribution < 1.29 is 14.6 Å². The summed E-state index contributed by atoms with van der Waals surface area (Å²) < 4.78 is 6.36. The van der Waals surface area contributed by atoms with E-state index in [0.29, 0.717) is 18.6 Å². The van der Waals surface area contributed by atoms with Gasteiger partial charge in [-0.2, -0.15) is 0 Å². The number of aromatic hydroxyl groups is 1. The number of fused-ring (bicyclic) bond motifs is 3. The van der Waals surface area contributed by atoms with Gasteiger partial charge in [-0.25, -0.2) is 0 Å². The molecule has 1 aliphatic heterocycles. The molecule has 0 unspecified atom stereocenters. The third kappa shape index (κ3) is 3.41. The van der Waals surface area contributed by atoms with Gasteiger partial charge in [-0.1, -0.05) is 18.9 Å². The molecule has 3 rings (SSSR count). The molecule has 0 saturated heterocycles. The first-order chi connectivity index (χ1) is 12.2. The number of ether oxygens (including phenoxy) is 1. The van der Waals surface area contributed by atoms with E-state index < -0.39 is 0 Å². The van der Waals surface area contributed by atoms with Crippen LogP contribution in [0, 0.1) is 5.92 Å². The number of unbranched alkanes of at least 4 members (excludes halogenated alkanes) is 1. The van der Waals surface area contributed by atoms with Crippen molar-refractivity contribution in [3.63, 3.8) is 0 Å². The van der Waals surface area contributed by atoms with Gasteiger partial charge in [0.2, 0.25) is 0 Å². The van der Waals surface area contributed by atoms with Gasteiger partial charge in [0.05, 0.1) is 0 Å². The highest BCUT2D eigenvalue weighted by molar-refractivity contribution is 5.81. The first kappa shape index (κ1) is 19.0. The van der Waals surface area contributed by atoms with E-state index in [9.17, 15) is 9.90 Å². The Morgan fingerprint density at radius 2 is 2.04 bits per heavy atom. The Labute approximate surface area is 157 Å². The molecule has 0 radical (unpaired) electrons. The smallest absolute Gasteiger partial charge is 0.133 e. The lowest BCUT2D eigenvalue weighted by Gasteiger charge is -2.47. The minimum atomic E-state index is -0.321. The minimum absolute atomic E-state index is 0.0644. The number of ketones is 1. The number of rotatable bonds is 4. The van der Waals surface area contributed by atoms with Crippen LogP contribution in [0.4, 0.5) is 0 Å². The van der Waals surface area contributed by atoms with Crippen molar-refractivity contribution >= 4 is 11.4 Å². The van der Waals surface area contributed by atoms with Crippen LogP contribution >= 0.6 is 0 Å². The van der Waals surface area contributed by atoms with E-state index in [2.05, 4.69) is 40.7 Å².